The quantitative estimate of drug-likeness (QED) is 0.0838. The van der Waals surface area contributed by atoms with Gasteiger partial charge in [0.25, 0.3) is 0 Å². The van der Waals surface area contributed by atoms with Crippen LogP contribution in [0.1, 0.15) is 65.5 Å². The molecule has 1 N–H and O–H groups in total. The summed E-state index contributed by atoms with van der Waals surface area (Å²) in [4.78, 5) is 16.9. The molecule has 0 saturated heterocycles. The van der Waals surface area contributed by atoms with E-state index in [1.54, 1.807) is 0 Å². The molecule has 5 heteroatoms. The van der Waals surface area contributed by atoms with Crippen molar-refractivity contribution in [3.8, 4) is 22.4 Å². The van der Waals surface area contributed by atoms with Crippen molar-refractivity contribution in [2.45, 2.75) is 87.9 Å². The molecule has 0 amide bonds. The second-order valence-corrected chi connectivity index (χ2v) is 19.1. The smallest absolute Gasteiger partial charge is 0.164 e. The van der Waals surface area contributed by atoms with Crippen LogP contribution in [0.4, 0.5) is 0 Å². The number of nitrogens with zero attached hydrogens (tertiary/aromatic N) is 1. The molecule has 0 bridgehead atoms. The number of rotatable bonds is 8. The van der Waals surface area contributed by atoms with E-state index in [-0.39, 0.29) is 42.5 Å². The first-order valence-corrected chi connectivity index (χ1v) is 19.0. The standard InChI is InChI=1S/C26H26NSi.C13H24O2.Ir/c1-18-13-19(2)15-21(14-18)26-17-23(20-9-7-6-8-10-20)24-16-22(28(3,4)5)11-12-25(24)27-26;1-7-12(3,4)10(14)9-11(15)13(5,6)8-2;/h6-14,16-17H,1-5H3;9,14H,7-8H2,1-6H3;/q-1;;/b;10-9-;. The van der Waals surface area contributed by atoms with E-state index in [0.717, 1.165) is 35.2 Å². The normalized spacial score (nSPS) is 12.3. The zero-order chi connectivity index (χ0) is 32.2. The Kier molecular flexibility index (Phi) is 12.7. The largest absolute Gasteiger partial charge is 0.512 e. The molecule has 3 aromatic carbocycles. The van der Waals surface area contributed by atoms with E-state index in [4.69, 9.17) is 4.98 Å². The molecule has 0 fully saturated rings. The molecule has 4 aromatic rings. The molecule has 0 atom stereocenters. The number of aliphatic hydroxyl groups excluding tert-OH is 1. The number of allylic oxidation sites excluding steroid dienone is 2. The van der Waals surface area contributed by atoms with Gasteiger partial charge in [-0.2, -0.15) is 0 Å². The molecular formula is C39H50IrNO2Si-. The number of hydrogen-bond acceptors (Lipinski definition) is 3. The van der Waals surface area contributed by atoms with Gasteiger partial charge in [0.1, 0.15) is 5.76 Å². The van der Waals surface area contributed by atoms with Gasteiger partial charge in [0.2, 0.25) is 0 Å². The zero-order valence-corrected chi connectivity index (χ0v) is 31.9. The van der Waals surface area contributed by atoms with Crippen LogP contribution in [0.3, 0.4) is 0 Å². The van der Waals surface area contributed by atoms with Crippen LogP contribution in [-0.2, 0) is 24.9 Å². The summed E-state index contributed by atoms with van der Waals surface area (Å²) < 4.78 is 0. The molecule has 1 radical (unpaired) electrons. The number of hydrogen-bond donors (Lipinski definition) is 1. The maximum absolute atomic E-state index is 11.8. The van der Waals surface area contributed by atoms with Crippen LogP contribution in [0.15, 0.2) is 78.6 Å². The van der Waals surface area contributed by atoms with Crippen LogP contribution in [0, 0.1) is 30.7 Å². The third-order valence-corrected chi connectivity index (χ3v) is 10.6. The number of benzene rings is 3. The molecule has 0 aliphatic heterocycles. The van der Waals surface area contributed by atoms with E-state index in [2.05, 4.69) is 106 Å². The SMILES string of the molecule is CCC(C)(C)C(=O)/C=C(\O)C(C)(C)CC.Cc1[c-]c(-c2cc(-c3ccccc3)c3cc([Si](C)(C)C)ccc3n2)cc(C)c1.[Ir]. The molecule has 0 aliphatic carbocycles. The number of aliphatic hydroxyl groups is 1. The van der Waals surface area contributed by atoms with Crippen LogP contribution >= 0.6 is 0 Å². The van der Waals surface area contributed by atoms with Crippen molar-refractivity contribution in [2.75, 3.05) is 0 Å². The minimum Gasteiger partial charge on any atom is -0.512 e. The van der Waals surface area contributed by atoms with E-state index in [1.807, 2.05) is 41.5 Å². The zero-order valence-electron chi connectivity index (χ0n) is 28.5. The van der Waals surface area contributed by atoms with Crippen molar-refractivity contribution >= 4 is 29.9 Å². The minimum absolute atomic E-state index is 0. The van der Waals surface area contributed by atoms with Crippen molar-refractivity contribution in [3.63, 3.8) is 0 Å². The van der Waals surface area contributed by atoms with E-state index in [9.17, 15) is 9.90 Å². The first-order valence-electron chi connectivity index (χ1n) is 15.5. The number of carbonyl (C=O) groups is 1. The Balaban J connectivity index is 0.000000363. The number of carbonyl (C=O) groups excluding carboxylic acids is 1. The first kappa shape index (κ1) is 37.3. The number of ketones is 1. The topological polar surface area (TPSA) is 50.2 Å². The molecule has 237 valence electrons. The minimum atomic E-state index is -1.40. The fourth-order valence-electron chi connectivity index (χ4n) is 4.59. The number of aromatic nitrogens is 1. The Morgan fingerprint density at radius 1 is 0.886 bits per heavy atom. The summed E-state index contributed by atoms with van der Waals surface area (Å²) in [6.07, 6.45) is 2.99. The number of fused-ring (bicyclic) bond motifs is 1. The number of pyridine rings is 1. The van der Waals surface area contributed by atoms with Gasteiger partial charge in [0.15, 0.2) is 5.78 Å². The monoisotopic (exact) mass is 785 g/mol. The molecule has 0 unspecified atom stereocenters. The van der Waals surface area contributed by atoms with E-state index in [1.165, 1.54) is 33.3 Å². The Hall–Kier alpha value is -2.85. The Morgan fingerprint density at radius 3 is 2.05 bits per heavy atom. The summed E-state index contributed by atoms with van der Waals surface area (Å²) in [6.45, 7) is 23.0. The summed E-state index contributed by atoms with van der Waals surface area (Å²) >= 11 is 0. The van der Waals surface area contributed by atoms with E-state index < -0.39 is 8.07 Å². The van der Waals surface area contributed by atoms with Crippen molar-refractivity contribution < 1.29 is 30.0 Å². The van der Waals surface area contributed by atoms with Gasteiger partial charge in [0, 0.05) is 42.4 Å². The Labute approximate surface area is 280 Å². The summed E-state index contributed by atoms with van der Waals surface area (Å²) in [5.74, 6) is 0.195. The second kappa shape index (κ2) is 15.0. The van der Waals surface area contributed by atoms with Gasteiger partial charge in [-0.15, -0.1) is 34.9 Å². The molecule has 44 heavy (non-hydrogen) atoms. The summed E-state index contributed by atoms with van der Waals surface area (Å²) in [5, 5.41) is 12.5. The van der Waals surface area contributed by atoms with Gasteiger partial charge < -0.3 is 5.11 Å². The van der Waals surface area contributed by atoms with Crippen LogP contribution in [-0.4, -0.2) is 23.9 Å². The first-order chi connectivity index (χ1) is 20.0. The van der Waals surface area contributed by atoms with Crippen molar-refractivity contribution in [3.05, 3.63) is 95.8 Å². The summed E-state index contributed by atoms with van der Waals surface area (Å²) in [7, 11) is -1.40. The molecule has 1 heterocycles. The van der Waals surface area contributed by atoms with Gasteiger partial charge in [0.05, 0.1) is 13.6 Å². The molecule has 4 rings (SSSR count). The van der Waals surface area contributed by atoms with Gasteiger partial charge in [-0.05, 0) is 35.7 Å². The molecular weight excluding hydrogens is 735 g/mol. The predicted molar refractivity (Wildman–Crippen MR) is 188 cm³/mol. The third-order valence-electron chi connectivity index (χ3n) is 8.58. The average Bonchev–Trinajstić information content (AvgIpc) is 2.96. The molecule has 0 saturated carbocycles. The van der Waals surface area contributed by atoms with E-state index >= 15 is 0 Å². The maximum atomic E-state index is 11.8. The van der Waals surface area contributed by atoms with Crippen LogP contribution in [0.2, 0.25) is 19.6 Å². The molecule has 0 spiro atoms. The summed E-state index contributed by atoms with van der Waals surface area (Å²) in [5.41, 5.74) is 7.27. The Bertz CT molecular complexity index is 1590. The maximum Gasteiger partial charge on any atom is 0.164 e. The summed E-state index contributed by atoms with van der Waals surface area (Å²) in [6, 6.07) is 27.5. The van der Waals surface area contributed by atoms with Gasteiger partial charge >= 0.3 is 0 Å². The van der Waals surface area contributed by atoms with Crippen molar-refractivity contribution in [1.82, 2.24) is 4.98 Å². The molecule has 1 aromatic heterocycles. The van der Waals surface area contributed by atoms with Gasteiger partial charge in [-0.3, -0.25) is 9.78 Å². The van der Waals surface area contributed by atoms with E-state index in [0.29, 0.717) is 0 Å². The molecule has 3 nitrogen and oxygen atoms in total. The fourth-order valence-corrected chi connectivity index (χ4v) is 5.75. The van der Waals surface area contributed by atoms with Gasteiger partial charge in [-0.1, -0.05) is 129 Å². The van der Waals surface area contributed by atoms with Crippen LogP contribution in [0.25, 0.3) is 33.3 Å². The fraction of sp³-hybridized carbons (Fsp3) is 0.385. The second-order valence-electron chi connectivity index (χ2n) is 14.0. The predicted octanol–water partition coefficient (Wildman–Crippen LogP) is 10.4. The third kappa shape index (κ3) is 9.33. The molecule has 0 aliphatic rings. The average molecular weight is 785 g/mol. The van der Waals surface area contributed by atoms with Crippen LogP contribution in [0.5, 0.6) is 0 Å². The van der Waals surface area contributed by atoms with Crippen LogP contribution < -0.4 is 5.19 Å². The van der Waals surface area contributed by atoms with Crippen molar-refractivity contribution in [1.29, 1.82) is 0 Å². The Morgan fingerprint density at radius 2 is 1.50 bits per heavy atom. The van der Waals surface area contributed by atoms with Gasteiger partial charge in [-0.25, -0.2) is 0 Å². The van der Waals surface area contributed by atoms with Crippen molar-refractivity contribution in [2.24, 2.45) is 10.8 Å². The number of aryl methyl sites for hydroxylation is 2.